The topological polar surface area (TPSA) is 47.0 Å². The largest absolute Gasteiger partial charge is 0.309 e. The molecule has 5 heteroatoms. The maximum Gasteiger partial charge on any atom is 0.171 e. The highest BCUT2D eigenvalue weighted by molar-refractivity contribution is 7.85. The Morgan fingerprint density at radius 2 is 0.652 bits per heavy atom. The minimum atomic E-state index is -3.05. The Morgan fingerprint density at radius 3 is 1.02 bits per heavy atom. The molecule has 0 N–H and O–H groups in total. The Kier molecular flexibility index (Phi) is 8.20. The van der Waals surface area contributed by atoms with Crippen LogP contribution in [0.25, 0.3) is 22.4 Å². The van der Waals surface area contributed by atoms with Crippen LogP contribution in [0, 0.1) is 0 Å². The normalized spacial score (nSPS) is 11.7. The quantitative estimate of drug-likeness (QED) is 0.162. The molecule has 7 rings (SSSR count). The number of rotatable bonds is 8. The van der Waals surface area contributed by atoms with Gasteiger partial charge >= 0.3 is 0 Å². The average molecular weight is 632 g/mol. The van der Waals surface area contributed by atoms with Crippen LogP contribution in [0.1, 0.15) is 0 Å². The molecule has 0 amide bonds. The van der Waals surface area contributed by atoms with E-state index in [2.05, 4.69) is 11.1 Å². The fraction of sp³-hybridized carbons (Fsp3) is 0. The molecular weight excluding hydrogens is 600 g/mol. The maximum absolute atomic E-state index is 14.8. The second-order valence-corrected chi connectivity index (χ2v) is 16.6. The number of hydrogen-bond donors (Lipinski definition) is 0. The Hall–Kier alpha value is -5.07. The van der Waals surface area contributed by atoms with Crippen molar-refractivity contribution in [1.29, 1.82) is 0 Å². The van der Waals surface area contributed by atoms with Crippen molar-refractivity contribution in [2.24, 2.45) is 0 Å². The van der Waals surface area contributed by atoms with Gasteiger partial charge in [0.2, 0.25) is 0 Å². The van der Waals surface area contributed by atoms with Crippen LogP contribution in [0.15, 0.2) is 188 Å². The van der Waals surface area contributed by atoms with Crippen LogP contribution in [0.3, 0.4) is 0 Å². The minimum absolute atomic E-state index is 0.779. The first-order valence-electron chi connectivity index (χ1n) is 15.2. The second-order valence-electron chi connectivity index (χ2n) is 11.1. The molecular formula is C41H31NO2P2. The number of nitrogens with zero attached hydrogens (tertiary/aromatic N) is 1. The molecule has 0 saturated heterocycles. The summed E-state index contributed by atoms with van der Waals surface area (Å²) >= 11 is 0. The fourth-order valence-electron chi connectivity index (χ4n) is 5.92. The molecule has 7 aromatic rings. The molecule has 1 heterocycles. The monoisotopic (exact) mass is 631 g/mol. The van der Waals surface area contributed by atoms with Crippen molar-refractivity contribution in [1.82, 2.24) is 4.98 Å². The lowest BCUT2D eigenvalue weighted by molar-refractivity contribution is 0.591. The Morgan fingerprint density at radius 1 is 0.326 bits per heavy atom. The van der Waals surface area contributed by atoms with Gasteiger partial charge in [-0.25, -0.2) is 0 Å². The molecule has 0 atom stereocenters. The van der Waals surface area contributed by atoms with E-state index in [1.165, 1.54) is 0 Å². The average Bonchev–Trinajstić information content (AvgIpc) is 3.16. The molecule has 0 spiro atoms. The van der Waals surface area contributed by atoms with E-state index in [1.54, 1.807) is 0 Å². The van der Waals surface area contributed by atoms with Crippen molar-refractivity contribution in [2.45, 2.75) is 0 Å². The Labute approximate surface area is 270 Å². The number of aromatic nitrogens is 1. The third-order valence-electron chi connectivity index (χ3n) is 8.33. The molecule has 0 aliphatic carbocycles. The van der Waals surface area contributed by atoms with Crippen molar-refractivity contribution < 1.29 is 9.13 Å². The molecule has 0 aliphatic heterocycles. The van der Waals surface area contributed by atoms with E-state index in [9.17, 15) is 9.13 Å². The molecule has 0 radical (unpaired) electrons. The van der Waals surface area contributed by atoms with E-state index in [1.807, 2.05) is 182 Å². The van der Waals surface area contributed by atoms with Crippen molar-refractivity contribution in [3.63, 3.8) is 0 Å². The smallest absolute Gasteiger partial charge is 0.171 e. The summed E-state index contributed by atoms with van der Waals surface area (Å²) in [5.41, 5.74) is 3.78. The summed E-state index contributed by atoms with van der Waals surface area (Å²) in [6.07, 6.45) is 1.81. The molecule has 46 heavy (non-hydrogen) atoms. The first kappa shape index (κ1) is 29.6. The molecule has 0 fully saturated rings. The molecule has 0 aliphatic rings. The van der Waals surface area contributed by atoms with Gasteiger partial charge in [0.05, 0.1) is 5.69 Å². The molecule has 6 aromatic carbocycles. The molecule has 3 nitrogen and oxygen atoms in total. The third-order valence-corrected chi connectivity index (χ3v) is 14.5. The standard InChI is InChI=1S/C41H31NO2P2/c43-45(35-13-5-1-6-14-35,36-15-7-2-8-16-36)39-25-21-32(22-26-39)34-29-30-42-41(31-34)33-23-27-40(28-24-33)46(44,37-17-9-3-10-18-37)38-19-11-4-12-20-38/h1-31H. The third kappa shape index (κ3) is 5.50. The summed E-state index contributed by atoms with van der Waals surface area (Å²) in [4.78, 5) is 4.67. The summed E-state index contributed by atoms with van der Waals surface area (Å²) < 4.78 is 29.5. The van der Waals surface area contributed by atoms with E-state index < -0.39 is 14.3 Å². The Balaban J connectivity index is 1.21. The maximum atomic E-state index is 14.8. The number of pyridine rings is 1. The molecule has 1 aromatic heterocycles. The first-order valence-corrected chi connectivity index (χ1v) is 18.6. The number of benzene rings is 6. The van der Waals surface area contributed by atoms with Gasteiger partial charge in [-0.15, -0.1) is 0 Å². The SMILES string of the molecule is O=P(c1ccccc1)(c1ccccc1)c1ccc(-c2ccnc(-c3ccc(P(=O)(c4ccccc4)c4ccccc4)cc3)c2)cc1. The van der Waals surface area contributed by atoms with Gasteiger partial charge in [-0.3, -0.25) is 4.98 Å². The zero-order valence-electron chi connectivity index (χ0n) is 25.1. The lowest BCUT2D eigenvalue weighted by Gasteiger charge is -2.20. The lowest BCUT2D eigenvalue weighted by atomic mass is 10.0. The second kappa shape index (κ2) is 12.7. The van der Waals surface area contributed by atoms with Crippen LogP contribution in [0.5, 0.6) is 0 Å². The predicted octanol–water partition coefficient (Wildman–Crippen LogP) is 7.69. The highest BCUT2D eigenvalue weighted by Crippen LogP contribution is 2.44. The predicted molar refractivity (Wildman–Crippen MR) is 194 cm³/mol. The van der Waals surface area contributed by atoms with Crippen LogP contribution >= 0.6 is 14.3 Å². The van der Waals surface area contributed by atoms with E-state index in [0.29, 0.717) is 0 Å². The zero-order valence-corrected chi connectivity index (χ0v) is 26.8. The summed E-state index contributed by atoms with van der Waals surface area (Å²) in [5, 5.41) is 4.81. The van der Waals surface area contributed by atoms with Gasteiger partial charge in [-0.1, -0.05) is 170 Å². The first-order chi connectivity index (χ1) is 22.6. The van der Waals surface area contributed by atoms with Gasteiger partial charge in [0, 0.05) is 43.6 Å². The van der Waals surface area contributed by atoms with Crippen molar-refractivity contribution >= 4 is 46.1 Å². The summed E-state index contributed by atoms with van der Waals surface area (Å²) in [5.74, 6) is 0. The zero-order chi connectivity index (χ0) is 31.4. The van der Waals surface area contributed by atoms with E-state index in [0.717, 1.165) is 54.2 Å². The van der Waals surface area contributed by atoms with E-state index in [4.69, 9.17) is 0 Å². The summed E-state index contributed by atoms with van der Waals surface area (Å²) in [6.45, 7) is 0. The highest BCUT2D eigenvalue weighted by Gasteiger charge is 2.30. The molecule has 0 unspecified atom stereocenters. The van der Waals surface area contributed by atoms with Gasteiger partial charge in [-0.05, 0) is 23.3 Å². The van der Waals surface area contributed by atoms with Crippen LogP contribution in [0.2, 0.25) is 0 Å². The van der Waals surface area contributed by atoms with E-state index >= 15 is 0 Å². The molecule has 0 saturated carbocycles. The van der Waals surface area contributed by atoms with E-state index in [-0.39, 0.29) is 0 Å². The Bertz CT molecular complexity index is 1930. The lowest BCUT2D eigenvalue weighted by Crippen LogP contribution is -2.24. The van der Waals surface area contributed by atoms with Gasteiger partial charge < -0.3 is 9.13 Å². The van der Waals surface area contributed by atoms with Crippen LogP contribution in [0.4, 0.5) is 0 Å². The van der Waals surface area contributed by atoms with Gasteiger partial charge in [0.15, 0.2) is 14.3 Å². The summed E-state index contributed by atoms with van der Waals surface area (Å²) in [7, 11) is -6.10. The van der Waals surface area contributed by atoms with Gasteiger partial charge in [0.1, 0.15) is 0 Å². The molecule has 222 valence electrons. The van der Waals surface area contributed by atoms with Crippen molar-refractivity contribution in [3.8, 4) is 22.4 Å². The fourth-order valence-corrected chi connectivity index (χ4v) is 11.2. The minimum Gasteiger partial charge on any atom is -0.309 e. The van der Waals surface area contributed by atoms with Crippen LogP contribution < -0.4 is 31.8 Å². The van der Waals surface area contributed by atoms with Crippen molar-refractivity contribution in [2.75, 3.05) is 0 Å². The van der Waals surface area contributed by atoms with Crippen LogP contribution in [-0.4, -0.2) is 4.98 Å². The molecule has 0 bridgehead atoms. The van der Waals surface area contributed by atoms with Gasteiger partial charge in [0.25, 0.3) is 0 Å². The van der Waals surface area contributed by atoms with Gasteiger partial charge in [-0.2, -0.15) is 0 Å². The number of hydrogen-bond acceptors (Lipinski definition) is 3. The summed E-state index contributed by atoms with van der Waals surface area (Å²) in [6, 6.07) is 58.8. The highest BCUT2D eigenvalue weighted by atomic mass is 31.2. The van der Waals surface area contributed by atoms with Crippen molar-refractivity contribution in [3.05, 3.63) is 188 Å². The van der Waals surface area contributed by atoms with Crippen LogP contribution in [-0.2, 0) is 9.13 Å².